The van der Waals surface area contributed by atoms with Crippen LogP contribution in [0.25, 0.3) is 10.6 Å². The third-order valence-electron chi connectivity index (χ3n) is 4.60. The first-order valence-electron chi connectivity index (χ1n) is 7.20. The Morgan fingerprint density at radius 2 is 2.33 bits per heavy atom. The van der Waals surface area contributed by atoms with Gasteiger partial charge in [-0.3, -0.25) is 4.79 Å². The van der Waals surface area contributed by atoms with Crippen LogP contribution in [-0.2, 0) is 0 Å². The second-order valence-electron chi connectivity index (χ2n) is 5.83. The van der Waals surface area contributed by atoms with Crippen LogP contribution in [0.3, 0.4) is 0 Å². The van der Waals surface area contributed by atoms with E-state index >= 15 is 0 Å². The first kappa shape index (κ1) is 13.0. The van der Waals surface area contributed by atoms with Crippen molar-refractivity contribution in [3.8, 4) is 10.6 Å². The Balaban J connectivity index is 1.51. The van der Waals surface area contributed by atoms with E-state index in [1.54, 1.807) is 22.3 Å². The summed E-state index contributed by atoms with van der Waals surface area (Å²) in [5.74, 6) is 1.21. The molecule has 2 aromatic rings. The Kier molecular flexibility index (Phi) is 3.08. The summed E-state index contributed by atoms with van der Waals surface area (Å²) in [5.41, 5.74) is 0.355. The molecule has 1 aliphatic heterocycles. The summed E-state index contributed by atoms with van der Waals surface area (Å²) in [7, 11) is 0. The van der Waals surface area contributed by atoms with Crippen LogP contribution in [0.1, 0.15) is 23.3 Å². The zero-order valence-electron chi connectivity index (χ0n) is 11.4. The minimum absolute atomic E-state index is 0.0943. The molecule has 1 saturated heterocycles. The molecular formula is C15H16N2O3S. The average Bonchev–Trinajstić information content (AvgIpc) is 3.25. The van der Waals surface area contributed by atoms with Crippen LogP contribution in [0.4, 0.5) is 0 Å². The normalized spacial score (nSPS) is 28.0. The van der Waals surface area contributed by atoms with Gasteiger partial charge in [0, 0.05) is 25.1 Å². The Morgan fingerprint density at radius 3 is 3.10 bits per heavy atom. The Morgan fingerprint density at radius 1 is 1.43 bits per heavy atom. The van der Waals surface area contributed by atoms with Crippen molar-refractivity contribution in [3.63, 3.8) is 0 Å². The minimum atomic E-state index is -0.258. The van der Waals surface area contributed by atoms with Gasteiger partial charge in [-0.15, -0.1) is 11.3 Å². The molecular weight excluding hydrogens is 288 g/mol. The van der Waals surface area contributed by atoms with Crippen molar-refractivity contribution in [1.29, 1.82) is 0 Å². The Labute approximate surface area is 126 Å². The van der Waals surface area contributed by atoms with Crippen molar-refractivity contribution in [3.05, 3.63) is 29.3 Å². The molecule has 2 aliphatic rings. The molecule has 1 N–H and O–H groups in total. The van der Waals surface area contributed by atoms with Crippen LogP contribution in [0.15, 0.2) is 28.1 Å². The second kappa shape index (κ2) is 4.96. The number of fused-ring (bicyclic) bond motifs is 1. The zero-order valence-corrected chi connectivity index (χ0v) is 12.3. The minimum Gasteiger partial charge on any atom is -0.393 e. The molecule has 2 fully saturated rings. The first-order chi connectivity index (χ1) is 10.2. The van der Waals surface area contributed by atoms with Gasteiger partial charge in [0.05, 0.1) is 11.0 Å². The molecule has 21 heavy (non-hydrogen) atoms. The summed E-state index contributed by atoms with van der Waals surface area (Å²) in [6, 6.07) is 5.59. The van der Waals surface area contributed by atoms with Gasteiger partial charge in [-0.25, -0.2) is 0 Å². The van der Waals surface area contributed by atoms with Gasteiger partial charge in [0.1, 0.15) is 0 Å². The van der Waals surface area contributed by atoms with Crippen molar-refractivity contribution in [2.75, 3.05) is 13.1 Å². The Hall–Kier alpha value is -1.66. The van der Waals surface area contributed by atoms with E-state index in [1.807, 2.05) is 17.5 Å². The number of carbonyl (C=O) groups excluding carboxylic acids is 1. The maximum Gasteiger partial charge on any atom is 0.276 e. The zero-order chi connectivity index (χ0) is 14.4. The maximum atomic E-state index is 12.5. The number of amides is 1. The molecule has 6 heteroatoms. The summed E-state index contributed by atoms with van der Waals surface area (Å²) < 4.78 is 5.27. The van der Waals surface area contributed by atoms with Crippen LogP contribution in [-0.4, -0.2) is 40.3 Å². The fourth-order valence-corrected chi connectivity index (χ4v) is 4.15. The smallest absolute Gasteiger partial charge is 0.276 e. The predicted molar refractivity (Wildman–Crippen MR) is 77.9 cm³/mol. The van der Waals surface area contributed by atoms with Crippen LogP contribution in [0.2, 0.25) is 0 Å². The lowest BCUT2D eigenvalue weighted by Gasteiger charge is -2.16. The van der Waals surface area contributed by atoms with Crippen molar-refractivity contribution in [2.24, 2.45) is 11.8 Å². The molecule has 110 valence electrons. The lowest BCUT2D eigenvalue weighted by molar-refractivity contribution is 0.0742. The van der Waals surface area contributed by atoms with Crippen molar-refractivity contribution in [2.45, 2.75) is 18.9 Å². The topological polar surface area (TPSA) is 66.6 Å². The molecule has 0 bridgehead atoms. The number of hydrogen-bond acceptors (Lipinski definition) is 5. The fourth-order valence-electron chi connectivity index (χ4n) is 3.48. The first-order valence-corrected chi connectivity index (χ1v) is 8.08. The van der Waals surface area contributed by atoms with E-state index in [4.69, 9.17) is 4.52 Å². The number of thiophene rings is 1. The van der Waals surface area contributed by atoms with E-state index in [0.717, 1.165) is 24.3 Å². The maximum absolute atomic E-state index is 12.5. The van der Waals surface area contributed by atoms with E-state index in [1.165, 1.54) is 0 Å². The quantitative estimate of drug-likeness (QED) is 0.924. The molecule has 3 heterocycles. The van der Waals surface area contributed by atoms with Gasteiger partial charge >= 0.3 is 0 Å². The number of aliphatic hydroxyl groups excluding tert-OH is 1. The molecule has 0 spiro atoms. The van der Waals surface area contributed by atoms with Gasteiger partial charge in [0.25, 0.3) is 5.91 Å². The highest BCUT2D eigenvalue weighted by atomic mass is 32.1. The third-order valence-corrected chi connectivity index (χ3v) is 5.48. The van der Waals surface area contributed by atoms with E-state index < -0.39 is 0 Å². The lowest BCUT2D eigenvalue weighted by Crippen LogP contribution is -2.31. The number of carbonyl (C=O) groups is 1. The van der Waals surface area contributed by atoms with Gasteiger partial charge in [0.2, 0.25) is 0 Å². The molecule has 1 saturated carbocycles. The number of rotatable bonds is 2. The molecule has 2 aromatic heterocycles. The van der Waals surface area contributed by atoms with E-state index in [9.17, 15) is 9.90 Å². The standard InChI is InChI=1S/C15H16N2O3S/c18-12-4-3-9-7-17(8-10(9)12)15(19)11-6-13(20-16-11)14-2-1-5-21-14/h1-2,5-6,9-10,12,18H,3-4,7-8H2. The third kappa shape index (κ3) is 2.18. The molecule has 0 aromatic carbocycles. The van der Waals surface area contributed by atoms with E-state index in [-0.39, 0.29) is 17.9 Å². The predicted octanol–water partition coefficient (Wildman–Crippen LogP) is 2.25. The molecule has 1 aliphatic carbocycles. The highest BCUT2D eigenvalue weighted by Gasteiger charge is 2.43. The van der Waals surface area contributed by atoms with Gasteiger partial charge in [0.15, 0.2) is 11.5 Å². The van der Waals surface area contributed by atoms with E-state index in [0.29, 0.717) is 23.9 Å². The van der Waals surface area contributed by atoms with Crippen molar-refractivity contribution in [1.82, 2.24) is 10.1 Å². The SMILES string of the molecule is O=C(c1cc(-c2cccs2)on1)N1CC2CCC(O)C2C1. The summed E-state index contributed by atoms with van der Waals surface area (Å²) in [6.45, 7) is 1.35. The monoisotopic (exact) mass is 304 g/mol. The van der Waals surface area contributed by atoms with Gasteiger partial charge in [-0.1, -0.05) is 11.2 Å². The average molecular weight is 304 g/mol. The van der Waals surface area contributed by atoms with Crippen molar-refractivity contribution >= 4 is 17.2 Å². The molecule has 3 unspecified atom stereocenters. The Bertz CT molecular complexity index is 652. The number of nitrogens with zero attached hydrogens (tertiary/aromatic N) is 2. The number of aromatic nitrogens is 1. The van der Waals surface area contributed by atoms with Crippen LogP contribution in [0.5, 0.6) is 0 Å². The van der Waals surface area contributed by atoms with Crippen LogP contribution in [0, 0.1) is 11.8 Å². The molecule has 4 rings (SSSR count). The van der Waals surface area contributed by atoms with Gasteiger partial charge in [-0.05, 0) is 30.2 Å². The molecule has 0 radical (unpaired) electrons. The summed E-state index contributed by atoms with van der Waals surface area (Å²) in [6.07, 6.45) is 1.62. The fraction of sp³-hybridized carbons (Fsp3) is 0.467. The number of hydrogen-bond donors (Lipinski definition) is 1. The van der Waals surface area contributed by atoms with Gasteiger partial charge in [-0.2, -0.15) is 0 Å². The largest absolute Gasteiger partial charge is 0.393 e. The number of aliphatic hydroxyl groups is 1. The summed E-state index contributed by atoms with van der Waals surface area (Å²) >= 11 is 1.56. The van der Waals surface area contributed by atoms with Crippen LogP contribution < -0.4 is 0 Å². The van der Waals surface area contributed by atoms with Gasteiger partial charge < -0.3 is 14.5 Å². The molecule has 1 amide bonds. The summed E-state index contributed by atoms with van der Waals surface area (Å²) in [5, 5.41) is 15.8. The summed E-state index contributed by atoms with van der Waals surface area (Å²) in [4.78, 5) is 15.3. The highest BCUT2D eigenvalue weighted by molar-refractivity contribution is 7.13. The highest BCUT2D eigenvalue weighted by Crippen LogP contribution is 2.38. The lowest BCUT2D eigenvalue weighted by atomic mass is 10.00. The molecule has 5 nitrogen and oxygen atoms in total. The van der Waals surface area contributed by atoms with Crippen LogP contribution >= 0.6 is 11.3 Å². The van der Waals surface area contributed by atoms with E-state index in [2.05, 4.69) is 5.16 Å². The number of likely N-dealkylation sites (tertiary alicyclic amines) is 1. The second-order valence-corrected chi connectivity index (χ2v) is 6.78. The van der Waals surface area contributed by atoms with Crippen molar-refractivity contribution < 1.29 is 14.4 Å². The molecule has 3 atom stereocenters.